The normalized spacial score (nSPS) is 10.4. The highest BCUT2D eigenvalue weighted by molar-refractivity contribution is 6.17. The van der Waals surface area contributed by atoms with Crippen molar-refractivity contribution in [2.24, 2.45) is 0 Å². The Morgan fingerprint density at radius 1 is 0.351 bits per heavy atom. The van der Waals surface area contributed by atoms with Crippen molar-refractivity contribution in [1.29, 1.82) is 0 Å². The molecule has 0 bridgehead atoms. The monoisotopic (exact) mass is 1020 g/mol. The van der Waals surface area contributed by atoms with E-state index in [1.165, 1.54) is 115 Å². The number of amides is 4. The molecule has 17 nitrogen and oxygen atoms in total. The number of terminal acetylenes is 2. The molecule has 0 aliphatic carbocycles. The lowest BCUT2D eigenvalue weighted by molar-refractivity contribution is 0.0683. The second-order valence-electron chi connectivity index (χ2n) is 16.6. The van der Waals surface area contributed by atoms with Gasteiger partial charge in [-0.1, -0.05) is 66.4 Å². The number of carbonyl (C=O) groups excluding carboxylic acids is 4. The molecule has 0 saturated carbocycles. The maximum atomic E-state index is 14.0. The van der Waals surface area contributed by atoms with E-state index >= 15 is 0 Å². The van der Waals surface area contributed by atoms with Crippen molar-refractivity contribution in [2.75, 3.05) is 21.3 Å². The first-order chi connectivity index (χ1) is 37.0. The van der Waals surface area contributed by atoms with Gasteiger partial charge in [0.15, 0.2) is 0 Å². The molecule has 4 amide bonds. The van der Waals surface area contributed by atoms with Gasteiger partial charge in [-0.2, -0.15) is 0 Å². The van der Waals surface area contributed by atoms with Crippen molar-refractivity contribution in [1.82, 2.24) is 0 Å². The SMILES string of the molecule is C#Cc1cccc(NC(=O)c2ccc(-c3cccc(C(=O)O)c3C(=O)Nc3cccc(Oc4ccc(NC(=O)c5ccc(-c6cccc(C(=O)Nc7cccc(C#C)c7)c6C(=O)O)cc5C(=O)O)cc4)c3)cc2C(=O)O)c1. The van der Waals surface area contributed by atoms with E-state index in [-0.39, 0.29) is 67.4 Å². The van der Waals surface area contributed by atoms with Crippen molar-refractivity contribution in [3.05, 3.63) is 225 Å². The van der Waals surface area contributed by atoms with E-state index in [1.54, 1.807) is 48.5 Å². The fourth-order valence-electron chi connectivity index (χ4n) is 8.14. The van der Waals surface area contributed by atoms with Gasteiger partial charge in [0.2, 0.25) is 0 Å². The van der Waals surface area contributed by atoms with Crippen molar-refractivity contribution >= 4 is 70.3 Å². The Labute approximate surface area is 437 Å². The highest BCUT2D eigenvalue weighted by Crippen LogP contribution is 2.33. The fourth-order valence-corrected chi connectivity index (χ4v) is 8.14. The molecule has 17 heteroatoms. The van der Waals surface area contributed by atoms with Crippen LogP contribution in [-0.4, -0.2) is 67.9 Å². The number of carbonyl (C=O) groups is 8. The molecular formula is C60H38N4O13. The topological polar surface area (TPSA) is 275 Å². The van der Waals surface area contributed by atoms with Crippen LogP contribution < -0.4 is 26.0 Å². The standard InChI is InChI=1S/C60H38N4O13/c1-3-33-10-5-12-38(28-33)62-54(66)46-26-20-35(30-49(46)58(71)72)43-16-9-19-48(57(69)70)51(43)56(68)64-40-14-7-15-42(32-40)77-41-24-22-37(23-25-41)61-53(65)45-27-21-36(31-50(45)59(73)74)44-17-8-18-47(52(44)60(75)76)55(67)63-39-13-6-11-34(4-2)29-39/h1-2,5-32H,(H,61,65)(H,62,66)(H,63,67)(H,64,68)(H,69,70)(H,71,72)(H,73,74)(H,75,76). The van der Waals surface area contributed by atoms with Gasteiger partial charge >= 0.3 is 23.9 Å². The molecule has 0 unspecified atom stereocenters. The molecule has 0 heterocycles. The Balaban J connectivity index is 0.966. The Bertz CT molecular complexity index is 3870. The minimum absolute atomic E-state index is 0.0168. The minimum atomic E-state index is -1.49. The summed E-state index contributed by atoms with van der Waals surface area (Å²) in [5.74, 6) is -3.66. The van der Waals surface area contributed by atoms with Crippen LogP contribution in [0.15, 0.2) is 170 Å². The van der Waals surface area contributed by atoms with Crippen molar-refractivity contribution in [3.8, 4) is 58.4 Å². The molecule has 8 aromatic carbocycles. The molecule has 0 fully saturated rings. The Kier molecular flexibility index (Phi) is 15.1. The van der Waals surface area contributed by atoms with Crippen LogP contribution in [0.25, 0.3) is 22.3 Å². The van der Waals surface area contributed by atoms with E-state index in [0.717, 1.165) is 6.07 Å². The second-order valence-corrected chi connectivity index (χ2v) is 16.6. The van der Waals surface area contributed by atoms with Gasteiger partial charge in [-0.15, -0.1) is 12.8 Å². The number of rotatable bonds is 16. The van der Waals surface area contributed by atoms with Crippen molar-refractivity contribution in [3.63, 3.8) is 0 Å². The van der Waals surface area contributed by atoms with Gasteiger partial charge in [0, 0.05) is 39.9 Å². The summed E-state index contributed by atoms with van der Waals surface area (Å²) < 4.78 is 6.01. The summed E-state index contributed by atoms with van der Waals surface area (Å²) in [6.07, 6.45) is 10.9. The molecule has 0 aliphatic rings. The molecule has 0 aliphatic heterocycles. The van der Waals surface area contributed by atoms with Crippen molar-refractivity contribution in [2.45, 2.75) is 0 Å². The average molecular weight is 1020 g/mol. The number of anilines is 4. The number of benzene rings is 8. The zero-order chi connectivity index (χ0) is 54.9. The van der Waals surface area contributed by atoms with Crippen LogP contribution in [0.2, 0.25) is 0 Å². The van der Waals surface area contributed by atoms with Crippen LogP contribution >= 0.6 is 0 Å². The van der Waals surface area contributed by atoms with E-state index in [1.807, 2.05) is 0 Å². The van der Waals surface area contributed by atoms with Gasteiger partial charge < -0.3 is 46.4 Å². The highest BCUT2D eigenvalue weighted by Gasteiger charge is 2.27. The van der Waals surface area contributed by atoms with E-state index in [4.69, 9.17) is 17.6 Å². The Hall–Kier alpha value is -11.6. The first kappa shape index (κ1) is 51.8. The summed E-state index contributed by atoms with van der Waals surface area (Å²) in [7, 11) is 0. The predicted octanol–water partition coefficient (Wildman–Crippen LogP) is 10.6. The summed E-state index contributed by atoms with van der Waals surface area (Å²) in [5.41, 5.74) is -0.361. The lowest BCUT2D eigenvalue weighted by Gasteiger charge is -2.15. The van der Waals surface area contributed by atoms with Crippen LogP contribution in [0, 0.1) is 24.7 Å². The zero-order valence-corrected chi connectivity index (χ0v) is 39.8. The molecule has 0 spiro atoms. The number of carboxylic acids is 4. The Morgan fingerprint density at radius 2 is 0.779 bits per heavy atom. The van der Waals surface area contributed by atoms with E-state index in [2.05, 4.69) is 33.1 Å². The van der Waals surface area contributed by atoms with E-state index in [9.17, 15) is 58.8 Å². The van der Waals surface area contributed by atoms with Gasteiger partial charge in [0.1, 0.15) is 11.5 Å². The summed E-state index contributed by atoms with van der Waals surface area (Å²) in [5, 5.41) is 51.3. The largest absolute Gasteiger partial charge is 0.478 e. The number of nitrogens with one attached hydrogen (secondary N) is 4. The summed E-state index contributed by atoms with van der Waals surface area (Å²) >= 11 is 0. The third kappa shape index (κ3) is 11.7. The molecule has 0 aromatic heterocycles. The van der Waals surface area contributed by atoms with Crippen LogP contribution in [0.5, 0.6) is 11.5 Å². The van der Waals surface area contributed by atoms with Gasteiger partial charge in [-0.05, 0) is 131 Å². The molecule has 376 valence electrons. The predicted molar refractivity (Wildman–Crippen MR) is 285 cm³/mol. The van der Waals surface area contributed by atoms with Crippen LogP contribution in [-0.2, 0) is 0 Å². The molecule has 0 saturated heterocycles. The minimum Gasteiger partial charge on any atom is -0.478 e. The zero-order valence-electron chi connectivity index (χ0n) is 39.8. The van der Waals surface area contributed by atoms with Crippen LogP contribution in [0.3, 0.4) is 0 Å². The number of hydrogen-bond acceptors (Lipinski definition) is 9. The third-order valence-corrected chi connectivity index (χ3v) is 11.7. The maximum Gasteiger partial charge on any atom is 0.337 e. The quantitative estimate of drug-likeness (QED) is 0.0419. The van der Waals surface area contributed by atoms with E-state index in [0.29, 0.717) is 22.5 Å². The number of hydrogen-bond donors (Lipinski definition) is 8. The van der Waals surface area contributed by atoms with Gasteiger partial charge in [0.25, 0.3) is 23.6 Å². The lowest BCUT2D eigenvalue weighted by atomic mass is 9.92. The Morgan fingerprint density at radius 3 is 1.27 bits per heavy atom. The molecular weight excluding hydrogens is 985 g/mol. The van der Waals surface area contributed by atoms with Gasteiger partial charge in [0.05, 0.1) is 44.5 Å². The molecule has 0 atom stereocenters. The average Bonchev–Trinajstić information content (AvgIpc) is 3.43. The van der Waals surface area contributed by atoms with Gasteiger partial charge in [-0.25, -0.2) is 19.2 Å². The molecule has 8 aromatic rings. The van der Waals surface area contributed by atoms with Crippen LogP contribution in [0.4, 0.5) is 22.7 Å². The highest BCUT2D eigenvalue weighted by atomic mass is 16.5. The first-order valence-corrected chi connectivity index (χ1v) is 22.8. The van der Waals surface area contributed by atoms with Crippen molar-refractivity contribution < 1.29 is 63.5 Å². The summed E-state index contributed by atoms with van der Waals surface area (Å²) in [6.45, 7) is 0. The molecule has 0 radical (unpaired) electrons. The first-order valence-electron chi connectivity index (χ1n) is 22.8. The van der Waals surface area contributed by atoms with Gasteiger partial charge in [-0.3, -0.25) is 19.2 Å². The summed E-state index contributed by atoms with van der Waals surface area (Å²) in [4.78, 5) is 104. The number of carboxylic acid groups (broad SMARTS) is 4. The number of aromatic carboxylic acids is 4. The summed E-state index contributed by atoms with van der Waals surface area (Å²) in [6, 6.07) is 40.5. The fraction of sp³-hybridized carbons (Fsp3) is 0. The van der Waals surface area contributed by atoms with Crippen LogP contribution in [0.1, 0.15) is 94.0 Å². The molecule has 77 heavy (non-hydrogen) atoms. The smallest absolute Gasteiger partial charge is 0.337 e. The van der Waals surface area contributed by atoms with E-state index < -0.39 is 69.8 Å². The maximum absolute atomic E-state index is 14.0. The number of ether oxygens (including phenoxy) is 1. The third-order valence-electron chi connectivity index (χ3n) is 11.7. The second kappa shape index (κ2) is 22.5. The molecule has 8 rings (SSSR count). The molecule has 8 N–H and O–H groups in total. The lowest BCUT2D eigenvalue weighted by Crippen LogP contribution is -2.19.